The molecule has 2 aromatic carbocycles. The lowest BCUT2D eigenvalue weighted by Crippen LogP contribution is -2.07. The van der Waals surface area contributed by atoms with Crippen molar-refractivity contribution in [3.05, 3.63) is 78.1 Å². The lowest BCUT2D eigenvalue weighted by Gasteiger charge is -2.07. The van der Waals surface area contributed by atoms with E-state index in [9.17, 15) is 4.79 Å². The molecule has 0 aliphatic rings. The van der Waals surface area contributed by atoms with Gasteiger partial charge in [-0.25, -0.2) is 4.79 Å². The number of para-hydroxylation sites is 1. The summed E-state index contributed by atoms with van der Waals surface area (Å²) in [5.74, 6) is -0.279. The molecule has 23 heavy (non-hydrogen) atoms. The molecule has 0 atom stereocenters. The van der Waals surface area contributed by atoms with Gasteiger partial charge in [0.05, 0.1) is 12.2 Å². The SMILES string of the molecule is CCOC(=O)c1c(-c2ccccc2)cn(-c2ccccc2)c1C. The van der Waals surface area contributed by atoms with Crippen LogP contribution in [0.1, 0.15) is 23.0 Å². The van der Waals surface area contributed by atoms with Crippen molar-refractivity contribution in [2.24, 2.45) is 0 Å². The first-order valence-electron chi connectivity index (χ1n) is 7.72. The molecule has 0 aliphatic heterocycles. The van der Waals surface area contributed by atoms with Crippen LogP contribution in [-0.2, 0) is 4.74 Å². The summed E-state index contributed by atoms with van der Waals surface area (Å²) in [5, 5.41) is 0. The number of rotatable bonds is 4. The van der Waals surface area contributed by atoms with Gasteiger partial charge < -0.3 is 9.30 Å². The number of hydrogen-bond acceptors (Lipinski definition) is 2. The first-order chi connectivity index (χ1) is 11.2. The predicted molar refractivity (Wildman–Crippen MR) is 91.9 cm³/mol. The largest absolute Gasteiger partial charge is 0.462 e. The Kier molecular flexibility index (Phi) is 4.29. The number of aromatic nitrogens is 1. The minimum atomic E-state index is -0.279. The molecule has 0 fully saturated rings. The highest BCUT2D eigenvalue weighted by atomic mass is 16.5. The van der Waals surface area contributed by atoms with Gasteiger partial charge >= 0.3 is 5.97 Å². The average molecular weight is 305 g/mol. The molecule has 3 nitrogen and oxygen atoms in total. The third-order valence-corrected chi connectivity index (χ3v) is 3.85. The van der Waals surface area contributed by atoms with Gasteiger partial charge in [-0.05, 0) is 31.5 Å². The minimum absolute atomic E-state index is 0.279. The quantitative estimate of drug-likeness (QED) is 0.658. The second-order valence-corrected chi connectivity index (χ2v) is 5.30. The molecule has 0 aliphatic carbocycles. The van der Waals surface area contributed by atoms with E-state index in [2.05, 4.69) is 0 Å². The highest BCUT2D eigenvalue weighted by Crippen LogP contribution is 2.30. The minimum Gasteiger partial charge on any atom is -0.462 e. The summed E-state index contributed by atoms with van der Waals surface area (Å²) in [4.78, 5) is 12.5. The number of ether oxygens (including phenoxy) is 1. The lowest BCUT2D eigenvalue weighted by atomic mass is 10.0. The molecule has 1 aromatic heterocycles. The third kappa shape index (κ3) is 2.90. The Hall–Kier alpha value is -2.81. The molecule has 0 N–H and O–H groups in total. The van der Waals surface area contributed by atoms with Crippen LogP contribution in [0.25, 0.3) is 16.8 Å². The molecule has 1 heterocycles. The van der Waals surface area contributed by atoms with Gasteiger partial charge in [0.1, 0.15) is 0 Å². The fourth-order valence-corrected chi connectivity index (χ4v) is 2.76. The molecule has 3 rings (SSSR count). The highest BCUT2D eigenvalue weighted by molar-refractivity contribution is 5.99. The Bertz CT molecular complexity index is 804. The molecule has 116 valence electrons. The van der Waals surface area contributed by atoms with Gasteiger partial charge in [0.2, 0.25) is 0 Å². The van der Waals surface area contributed by atoms with Gasteiger partial charge in [-0.15, -0.1) is 0 Å². The molecule has 0 bridgehead atoms. The van der Waals surface area contributed by atoms with Crippen molar-refractivity contribution in [1.29, 1.82) is 0 Å². The van der Waals surface area contributed by atoms with Crippen LogP contribution in [0.3, 0.4) is 0 Å². The molecule has 0 saturated heterocycles. The van der Waals surface area contributed by atoms with E-state index in [0.29, 0.717) is 12.2 Å². The summed E-state index contributed by atoms with van der Waals surface area (Å²) >= 11 is 0. The number of hydrogen-bond donors (Lipinski definition) is 0. The van der Waals surface area contributed by atoms with Crippen molar-refractivity contribution in [3.63, 3.8) is 0 Å². The monoisotopic (exact) mass is 305 g/mol. The molecule has 0 saturated carbocycles. The van der Waals surface area contributed by atoms with E-state index < -0.39 is 0 Å². The van der Waals surface area contributed by atoms with Crippen LogP contribution >= 0.6 is 0 Å². The third-order valence-electron chi connectivity index (χ3n) is 3.85. The van der Waals surface area contributed by atoms with Crippen LogP contribution in [0.2, 0.25) is 0 Å². The van der Waals surface area contributed by atoms with Gasteiger partial charge in [0, 0.05) is 23.1 Å². The Labute approximate surface area is 136 Å². The Morgan fingerprint density at radius 3 is 2.22 bits per heavy atom. The standard InChI is InChI=1S/C20H19NO2/c1-3-23-20(22)19-15(2)21(17-12-8-5-9-13-17)14-18(19)16-10-6-4-7-11-16/h4-14H,3H2,1-2H3. The fraction of sp³-hybridized carbons (Fsp3) is 0.150. The fourth-order valence-electron chi connectivity index (χ4n) is 2.76. The molecule has 3 aromatic rings. The Morgan fingerprint density at radius 1 is 1.00 bits per heavy atom. The average Bonchev–Trinajstić information content (AvgIpc) is 2.94. The van der Waals surface area contributed by atoms with Crippen molar-refractivity contribution in [2.45, 2.75) is 13.8 Å². The first-order valence-corrected chi connectivity index (χ1v) is 7.72. The van der Waals surface area contributed by atoms with Crippen LogP contribution in [0, 0.1) is 6.92 Å². The zero-order valence-electron chi connectivity index (χ0n) is 13.3. The van der Waals surface area contributed by atoms with Gasteiger partial charge in [-0.3, -0.25) is 0 Å². The summed E-state index contributed by atoms with van der Waals surface area (Å²) in [6.07, 6.45) is 2.01. The molecule has 0 spiro atoms. The smallest absolute Gasteiger partial charge is 0.340 e. The summed E-state index contributed by atoms with van der Waals surface area (Å²) in [7, 11) is 0. The van der Waals surface area contributed by atoms with Crippen molar-refractivity contribution >= 4 is 5.97 Å². The van der Waals surface area contributed by atoms with E-state index in [-0.39, 0.29) is 5.97 Å². The van der Waals surface area contributed by atoms with Crippen LogP contribution in [0.4, 0.5) is 0 Å². The normalized spacial score (nSPS) is 10.5. The van der Waals surface area contributed by atoms with E-state index in [1.54, 1.807) is 0 Å². The zero-order valence-corrected chi connectivity index (χ0v) is 13.3. The summed E-state index contributed by atoms with van der Waals surface area (Å²) < 4.78 is 7.30. The predicted octanol–water partition coefficient (Wildman–Crippen LogP) is 4.63. The van der Waals surface area contributed by atoms with Crippen LogP contribution in [-0.4, -0.2) is 17.1 Å². The van der Waals surface area contributed by atoms with E-state index in [1.165, 1.54) is 0 Å². The van der Waals surface area contributed by atoms with Crippen molar-refractivity contribution < 1.29 is 9.53 Å². The number of esters is 1. The maximum Gasteiger partial charge on any atom is 0.340 e. The van der Waals surface area contributed by atoms with Crippen LogP contribution < -0.4 is 0 Å². The van der Waals surface area contributed by atoms with Crippen molar-refractivity contribution in [2.75, 3.05) is 6.61 Å². The van der Waals surface area contributed by atoms with E-state index in [0.717, 1.165) is 22.5 Å². The molecular formula is C20H19NO2. The summed E-state index contributed by atoms with van der Waals surface area (Å²) in [5.41, 5.74) is 4.44. The first kappa shape index (κ1) is 15.1. The molecule has 0 unspecified atom stereocenters. The number of carbonyl (C=O) groups is 1. The van der Waals surface area contributed by atoms with E-state index in [1.807, 2.05) is 85.3 Å². The van der Waals surface area contributed by atoms with Crippen molar-refractivity contribution in [3.8, 4) is 16.8 Å². The Morgan fingerprint density at radius 2 is 1.61 bits per heavy atom. The van der Waals surface area contributed by atoms with E-state index >= 15 is 0 Å². The maximum atomic E-state index is 12.5. The number of benzene rings is 2. The lowest BCUT2D eigenvalue weighted by molar-refractivity contribution is 0.0526. The van der Waals surface area contributed by atoms with Crippen molar-refractivity contribution in [1.82, 2.24) is 4.57 Å². The van der Waals surface area contributed by atoms with Crippen LogP contribution in [0.5, 0.6) is 0 Å². The number of nitrogens with zero attached hydrogens (tertiary/aromatic N) is 1. The van der Waals surface area contributed by atoms with Gasteiger partial charge in [0.25, 0.3) is 0 Å². The van der Waals surface area contributed by atoms with Crippen LogP contribution in [0.15, 0.2) is 66.9 Å². The summed E-state index contributed by atoms with van der Waals surface area (Å²) in [6.45, 7) is 4.14. The molecule has 3 heteroatoms. The molecule has 0 amide bonds. The highest BCUT2D eigenvalue weighted by Gasteiger charge is 2.22. The molecule has 0 radical (unpaired) electrons. The van der Waals surface area contributed by atoms with E-state index in [4.69, 9.17) is 4.74 Å². The summed E-state index contributed by atoms with van der Waals surface area (Å²) in [6, 6.07) is 19.9. The Balaban J connectivity index is 2.20. The topological polar surface area (TPSA) is 31.2 Å². The molecular weight excluding hydrogens is 286 g/mol. The van der Waals surface area contributed by atoms with Gasteiger partial charge in [-0.2, -0.15) is 0 Å². The van der Waals surface area contributed by atoms with Gasteiger partial charge in [-0.1, -0.05) is 48.5 Å². The second kappa shape index (κ2) is 6.53. The zero-order chi connectivity index (χ0) is 16.2. The number of carbonyl (C=O) groups excluding carboxylic acids is 1. The van der Waals surface area contributed by atoms with Gasteiger partial charge in [0.15, 0.2) is 0 Å². The second-order valence-electron chi connectivity index (χ2n) is 5.30. The maximum absolute atomic E-state index is 12.5.